The van der Waals surface area contributed by atoms with Gasteiger partial charge in [0, 0.05) is 18.0 Å². The van der Waals surface area contributed by atoms with Crippen LogP contribution in [0.4, 0.5) is 0 Å². The third kappa shape index (κ3) is 2.65. The van der Waals surface area contributed by atoms with E-state index >= 15 is 0 Å². The van der Waals surface area contributed by atoms with Gasteiger partial charge >= 0.3 is 0 Å². The molecule has 1 aromatic heterocycles. The van der Waals surface area contributed by atoms with E-state index in [1.165, 1.54) is 15.1 Å². The van der Waals surface area contributed by atoms with Crippen LogP contribution >= 0.6 is 27.3 Å². The quantitative estimate of drug-likeness (QED) is 0.849. The summed E-state index contributed by atoms with van der Waals surface area (Å²) in [5.41, 5.74) is -0.0523. The molecule has 86 valence electrons. The van der Waals surface area contributed by atoms with Gasteiger partial charge in [-0.3, -0.25) is 4.90 Å². The zero-order valence-corrected chi connectivity index (χ0v) is 11.8. The monoisotopic (exact) mass is 298 g/mol. The van der Waals surface area contributed by atoms with E-state index < -0.39 is 0 Å². The van der Waals surface area contributed by atoms with Crippen LogP contribution in [0.15, 0.2) is 15.9 Å². The zero-order chi connectivity index (χ0) is 11.6. The number of hydrogen-bond donors (Lipinski definition) is 0. The van der Waals surface area contributed by atoms with Gasteiger partial charge in [-0.05, 0) is 48.0 Å². The molecule has 0 aromatic carbocycles. The zero-order valence-electron chi connectivity index (χ0n) is 9.37. The highest BCUT2D eigenvalue weighted by molar-refractivity contribution is 9.11. The van der Waals surface area contributed by atoms with Gasteiger partial charge in [0.05, 0.1) is 15.3 Å². The summed E-state index contributed by atoms with van der Waals surface area (Å²) >= 11 is 5.24. The summed E-state index contributed by atoms with van der Waals surface area (Å²) in [7, 11) is 2.10. The lowest BCUT2D eigenvalue weighted by Crippen LogP contribution is -2.39. The van der Waals surface area contributed by atoms with Crippen LogP contribution in [0.5, 0.6) is 0 Å². The smallest absolute Gasteiger partial charge is 0.0703 e. The standard InChI is InChI=1S/C12H15BrN2S/c1-15(7-10-3-4-11(13)16-10)9-12(8-14)5-2-6-12/h3-4H,2,5-7,9H2,1H3. The first-order valence-electron chi connectivity index (χ1n) is 5.48. The molecule has 0 radical (unpaired) electrons. The lowest BCUT2D eigenvalue weighted by atomic mass is 9.70. The highest BCUT2D eigenvalue weighted by Crippen LogP contribution is 2.40. The summed E-state index contributed by atoms with van der Waals surface area (Å²) in [5.74, 6) is 0. The summed E-state index contributed by atoms with van der Waals surface area (Å²) < 4.78 is 1.18. The molecule has 1 aliphatic rings. The van der Waals surface area contributed by atoms with Gasteiger partial charge in [0.15, 0.2) is 0 Å². The van der Waals surface area contributed by atoms with Crippen LogP contribution in [-0.2, 0) is 6.54 Å². The summed E-state index contributed by atoms with van der Waals surface area (Å²) in [4.78, 5) is 3.61. The molecule has 2 rings (SSSR count). The van der Waals surface area contributed by atoms with Gasteiger partial charge in [0.1, 0.15) is 0 Å². The number of rotatable bonds is 4. The fraction of sp³-hybridized carbons (Fsp3) is 0.583. The van der Waals surface area contributed by atoms with E-state index in [-0.39, 0.29) is 5.41 Å². The first-order valence-corrected chi connectivity index (χ1v) is 7.08. The first-order chi connectivity index (χ1) is 7.63. The van der Waals surface area contributed by atoms with Crippen molar-refractivity contribution in [3.63, 3.8) is 0 Å². The molecule has 0 aliphatic heterocycles. The minimum Gasteiger partial charge on any atom is -0.300 e. The van der Waals surface area contributed by atoms with Crippen molar-refractivity contribution in [2.45, 2.75) is 25.8 Å². The second-order valence-corrected chi connectivity index (χ2v) is 7.17. The highest BCUT2D eigenvalue weighted by atomic mass is 79.9. The van der Waals surface area contributed by atoms with Crippen LogP contribution in [0.25, 0.3) is 0 Å². The van der Waals surface area contributed by atoms with E-state index in [4.69, 9.17) is 0 Å². The highest BCUT2D eigenvalue weighted by Gasteiger charge is 2.37. The van der Waals surface area contributed by atoms with Crippen molar-refractivity contribution in [3.05, 3.63) is 20.8 Å². The van der Waals surface area contributed by atoms with Crippen LogP contribution in [0.2, 0.25) is 0 Å². The molecule has 1 heterocycles. The Balaban J connectivity index is 1.89. The normalized spacial score (nSPS) is 18.1. The molecular formula is C12H15BrN2S. The Kier molecular flexibility index (Phi) is 3.68. The van der Waals surface area contributed by atoms with E-state index in [1.807, 2.05) is 0 Å². The van der Waals surface area contributed by atoms with Crippen molar-refractivity contribution in [3.8, 4) is 6.07 Å². The summed E-state index contributed by atoms with van der Waals surface area (Å²) in [6.45, 7) is 1.85. The Morgan fingerprint density at radius 2 is 2.31 bits per heavy atom. The molecular weight excluding hydrogens is 284 g/mol. The van der Waals surface area contributed by atoms with Gasteiger partial charge in [-0.1, -0.05) is 6.42 Å². The third-order valence-corrected chi connectivity index (χ3v) is 4.78. The van der Waals surface area contributed by atoms with Crippen molar-refractivity contribution in [1.29, 1.82) is 5.26 Å². The van der Waals surface area contributed by atoms with E-state index in [1.54, 1.807) is 11.3 Å². The minimum absolute atomic E-state index is 0.0523. The first kappa shape index (κ1) is 12.1. The molecule has 0 amide bonds. The topological polar surface area (TPSA) is 27.0 Å². The average molecular weight is 299 g/mol. The summed E-state index contributed by atoms with van der Waals surface area (Å²) in [6, 6.07) is 6.71. The summed E-state index contributed by atoms with van der Waals surface area (Å²) in [5, 5.41) is 9.17. The van der Waals surface area contributed by atoms with Crippen molar-refractivity contribution in [2.75, 3.05) is 13.6 Å². The Morgan fingerprint density at radius 1 is 1.56 bits per heavy atom. The number of thiophene rings is 1. The fourth-order valence-corrected chi connectivity index (χ4v) is 3.75. The number of halogens is 1. The van der Waals surface area contributed by atoms with Crippen LogP contribution < -0.4 is 0 Å². The minimum atomic E-state index is -0.0523. The van der Waals surface area contributed by atoms with Gasteiger partial charge in [-0.25, -0.2) is 0 Å². The molecule has 1 aliphatic carbocycles. The van der Waals surface area contributed by atoms with Crippen molar-refractivity contribution in [1.82, 2.24) is 4.90 Å². The average Bonchev–Trinajstić information content (AvgIpc) is 2.57. The number of nitriles is 1. The van der Waals surface area contributed by atoms with E-state index in [0.29, 0.717) is 0 Å². The molecule has 1 fully saturated rings. The maximum Gasteiger partial charge on any atom is 0.0703 e. The van der Waals surface area contributed by atoms with Crippen LogP contribution in [-0.4, -0.2) is 18.5 Å². The Bertz CT molecular complexity index is 403. The van der Waals surface area contributed by atoms with Gasteiger partial charge < -0.3 is 0 Å². The van der Waals surface area contributed by atoms with Gasteiger partial charge in [0.25, 0.3) is 0 Å². The van der Waals surface area contributed by atoms with E-state index in [2.05, 4.69) is 46.1 Å². The largest absolute Gasteiger partial charge is 0.300 e. The molecule has 0 N–H and O–H groups in total. The SMILES string of the molecule is CN(Cc1ccc(Br)s1)CC1(C#N)CCC1. The lowest BCUT2D eigenvalue weighted by Gasteiger charge is -2.38. The second-order valence-electron chi connectivity index (χ2n) is 4.62. The Morgan fingerprint density at radius 3 is 2.75 bits per heavy atom. The molecule has 2 nitrogen and oxygen atoms in total. The maximum absolute atomic E-state index is 9.17. The molecule has 1 saturated carbocycles. The Hall–Kier alpha value is -0.370. The molecule has 0 spiro atoms. The second kappa shape index (κ2) is 4.87. The molecule has 0 atom stereocenters. The predicted octanol–water partition coefficient (Wildman–Crippen LogP) is 3.64. The van der Waals surface area contributed by atoms with Gasteiger partial charge in [0.2, 0.25) is 0 Å². The predicted molar refractivity (Wildman–Crippen MR) is 70.3 cm³/mol. The molecule has 0 unspecified atom stereocenters. The number of nitrogens with zero attached hydrogens (tertiary/aromatic N) is 2. The van der Waals surface area contributed by atoms with Crippen molar-refractivity contribution < 1.29 is 0 Å². The molecule has 0 saturated heterocycles. The Labute approximate surface area is 109 Å². The van der Waals surface area contributed by atoms with Crippen LogP contribution in [0.3, 0.4) is 0 Å². The van der Waals surface area contributed by atoms with Gasteiger partial charge in [-0.2, -0.15) is 5.26 Å². The molecule has 16 heavy (non-hydrogen) atoms. The lowest BCUT2D eigenvalue weighted by molar-refractivity contribution is 0.135. The molecule has 4 heteroatoms. The van der Waals surface area contributed by atoms with Gasteiger partial charge in [-0.15, -0.1) is 11.3 Å². The van der Waals surface area contributed by atoms with Crippen molar-refractivity contribution >= 4 is 27.3 Å². The molecule has 1 aromatic rings. The number of hydrogen-bond acceptors (Lipinski definition) is 3. The maximum atomic E-state index is 9.17. The van der Waals surface area contributed by atoms with Crippen molar-refractivity contribution in [2.24, 2.45) is 5.41 Å². The van der Waals surface area contributed by atoms with E-state index in [9.17, 15) is 5.26 Å². The third-order valence-electron chi connectivity index (χ3n) is 3.18. The summed E-state index contributed by atoms with van der Waals surface area (Å²) in [6.07, 6.45) is 3.36. The van der Waals surface area contributed by atoms with E-state index in [0.717, 1.165) is 25.9 Å². The molecule has 0 bridgehead atoms. The van der Waals surface area contributed by atoms with Crippen LogP contribution in [0, 0.1) is 16.7 Å². The van der Waals surface area contributed by atoms with Crippen LogP contribution in [0.1, 0.15) is 24.1 Å². The fourth-order valence-electron chi connectivity index (χ4n) is 2.18.